The van der Waals surface area contributed by atoms with Crippen LogP contribution >= 0.6 is 15.9 Å². The highest BCUT2D eigenvalue weighted by molar-refractivity contribution is 9.10. The lowest BCUT2D eigenvalue weighted by molar-refractivity contribution is 0.0910. The molecule has 1 fully saturated rings. The molecule has 3 N–H and O–H groups in total. The van der Waals surface area contributed by atoms with E-state index in [1.807, 2.05) is 19.1 Å². The Balaban J connectivity index is 2.09. The maximum Gasteiger partial charge on any atom is 0.251 e. The molecule has 1 aromatic carbocycles. The molecular weight excluding hydrogens is 316 g/mol. The maximum atomic E-state index is 12.4. The van der Waals surface area contributed by atoms with E-state index in [2.05, 4.69) is 35.1 Å². The average Bonchev–Trinajstić information content (AvgIpc) is 2.38. The predicted octanol–water partition coefficient (Wildman–Crippen LogP) is 3.89. The van der Waals surface area contributed by atoms with Crippen molar-refractivity contribution >= 4 is 27.5 Å². The zero-order valence-electron chi connectivity index (χ0n) is 12.4. The smallest absolute Gasteiger partial charge is 0.251 e. The van der Waals surface area contributed by atoms with E-state index in [0.29, 0.717) is 17.2 Å². The molecule has 4 heteroatoms. The zero-order chi connectivity index (χ0) is 14.9. The lowest BCUT2D eigenvalue weighted by atomic mass is 9.79. The maximum absolute atomic E-state index is 12.4. The fourth-order valence-electron chi connectivity index (χ4n) is 2.88. The van der Waals surface area contributed by atoms with Crippen LogP contribution in [0, 0.1) is 18.8 Å². The topological polar surface area (TPSA) is 55.1 Å². The number of nitrogens with two attached hydrogens (primary N) is 1. The number of rotatable bonds is 2. The lowest BCUT2D eigenvalue weighted by Gasteiger charge is -2.32. The van der Waals surface area contributed by atoms with Gasteiger partial charge in [0.1, 0.15) is 0 Å². The van der Waals surface area contributed by atoms with Gasteiger partial charge in [-0.25, -0.2) is 0 Å². The molecule has 20 heavy (non-hydrogen) atoms. The molecule has 0 aromatic heterocycles. The van der Waals surface area contributed by atoms with Crippen molar-refractivity contribution in [2.45, 2.75) is 46.1 Å². The molecule has 0 aliphatic heterocycles. The second kappa shape index (κ2) is 6.17. The minimum absolute atomic E-state index is 0.0118. The summed E-state index contributed by atoms with van der Waals surface area (Å²) in [7, 11) is 0. The fraction of sp³-hybridized carbons (Fsp3) is 0.562. The first-order valence-corrected chi connectivity index (χ1v) is 8.04. The number of benzene rings is 1. The number of carbonyl (C=O) groups excluding carboxylic acids is 1. The largest absolute Gasteiger partial charge is 0.398 e. The molecule has 0 heterocycles. The lowest BCUT2D eigenvalue weighted by Crippen LogP contribution is -2.40. The standard InChI is InChI=1S/C16H23BrN2O/c1-9-4-5-13(6-10(9)2)19-16(20)14-7-12(17)8-15(18)11(14)3/h7-10,13H,4-6,18H2,1-3H3,(H,19,20). The van der Waals surface area contributed by atoms with Crippen LogP contribution in [0.4, 0.5) is 5.69 Å². The van der Waals surface area contributed by atoms with Crippen LogP contribution in [0.1, 0.15) is 49.0 Å². The summed E-state index contributed by atoms with van der Waals surface area (Å²) in [4.78, 5) is 12.4. The van der Waals surface area contributed by atoms with Gasteiger partial charge in [0, 0.05) is 21.8 Å². The predicted molar refractivity (Wildman–Crippen MR) is 86.7 cm³/mol. The summed E-state index contributed by atoms with van der Waals surface area (Å²) in [5.41, 5.74) is 8.09. The van der Waals surface area contributed by atoms with Crippen LogP contribution in [0.5, 0.6) is 0 Å². The number of hydrogen-bond donors (Lipinski definition) is 2. The number of carbonyl (C=O) groups is 1. The van der Waals surface area contributed by atoms with Crippen LogP contribution in [0.25, 0.3) is 0 Å². The number of hydrogen-bond acceptors (Lipinski definition) is 2. The van der Waals surface area contributed by atoms with Crippen LogP contribution in [0.2, 0.25) is 0 Å². The van der Waals surface area contributed by atoms with E-state index in [1.54, 1.807) is 0 Å². The second-order valence-corrected chi connectivity index (χ2v) is 7.02. The van der Waals surface area contributed by atoms with E-state index in [4.69, 9.17) is 5.73 Å². The molecule has 1 amide bonds. The number of anilines is 1. The van der Waals surface area contributed by atoms with Crippen molar-refractivity contribution in [2.75, 3.05) is 5.73 Å². The highest BCUT2D eigenvalue weighted by Crippen LogP contribution is 2.30. The Morgan fingerprint density at radius 3 is 2.65 bits per heavy atom. The van der Waals surface area contributed by atoms with Gasteiger partial charge in [-0.3, -0.25) is 4.79 Å². The third-order valence-corrected chi connectivity index (χ3v) is 5.05. The summed E-state index contributed by atoms with van der Waals surface area (Å²) in [6.45, 7) is 6.45. The Hall–Kier alpha value is -1.03. The van der Waals surface area contributed by atoms with E-state index in [9.17, 15) is 4.79 Å². The molecule has 2 rings (SSSR count). The fourth-order valence-corrected chi connectivity index (χ4v) is 3.35. The average molecular weight is 339 g/mol. The van der Waals surface area contributed by atoms with Crippen LogP contribution < -0.4 is 11.1 Å². The number of nitrogens with one attached hydrogen (secondary N) is 1. The van der Waals surface area contributed by atoms with E-state index >= 15 is 0 Å². The van der Waals surface area contributed by atoms with Gasteiger partial charge in [-0.2, -0.15) is 0 Å². The SMILES string of the molecule is Cc1c(N)cc(Br)cc1C(=O)NC1CCC(C)C(C)C1. The van der Waals surface area contributed by atoms with Crippen LogP contribution in [0.3, 0.4) is 0 Å². The second-order valence-electron chi connectivity index (χ2n) is 6.11. The number of amides is 1. The van der Waals surface area contributed by atoms with Gasteiger partial charge in [0.25, 0.3) is 5.91 Å². The summed E-state index contributed by atoms with van der Waals surface area (Å²) < 4.78 is 0.844. The zero-order valence-corrected chi connectivity index (χ0v) is 14.0. The van der Waals surface area contributed by atoms with Crippen LogP contribution in [-0.2, 0) is 0 Å². The van der Waals surface area contributed by atoms with Crippen molar-refractivity contribution < 1.29 is 4.79 Å². The minimum Gasteiger partial charge on any atom is -0.398 e. The van der Waals surface area contributed by atoms with Gasteiger partial charge in [-0.15, -0.1) is 0 Å². The molecule has 0 spiro atoms. The first-order valence-electron chi connectivity index (χ1n) is 7.25. The highest BCUT2D eigenvalue weighted by Gasteiger charge is 2.26. The normalized spacial score (nSPS) is 26.3. The van der Waals surface area contributed by atoms with E-state index in [0.717, 1.165) is 28.8 Å². The van der Waals surface area contributed by atoms with Crippen molar-refractivity contribution in [3.63, 3.8) is 0 Å². The van der Waals surface area contributed by atoms with Crippen molar-refractivity contribution in [3.8, 4) is 0 Å². The van der Waals surface area contributed by atoms with E-state index < -0.39 is 0 Å². The van der Waals surface area contributed by atoms with Gasteiger partial charge in [0.05, 0.1) is 0 Å². The van der Waals surface area contributed by atoms with Crippen LogP contribution in [-0.4, -0.2) is 11.9 Å². The van der Waals surface area contributed by atoms with Gasteiger partial charge in [0.2, 0.25) is 0 Å². The third-order valence-electron chi connectivity index (χ3n) is 4.59. The summed E-state index contributed by atoms with van der Waals surface area (Å²) in [5.74, 6) is 1.41. The molecule has 0 bridgehead atoms. The highest BCUT2D eigenvalue weighted by atomic mass is 79.9. The Bertz CT molecular complexity index is 515. The molecule has 1 aliphatic rings. The molecule has 1 aliphatic carbocycles. The summed E-state index contributed by atoms with van der Waals surface area (Å²) in [6, 6.07) is 3.96. The summed E-state index contributed by atoms with van der Waals surface area (Å²) in [6.07, 6.45) is 3.32. The van der Waals surface area contributed by atoms with Gasteiger partial charge < -0.3 is 11.1 Å². The number of nitrogen functional groups attached to an aromatic ring is 1. The van der Waals surface area contributed by atoms with Gasteiger partial charge in [-0.05, 0) is 55.7 Å². The molecule has 1 saturated carbocycles. The molecule has 0 radical (unpaired) electrons. The van der Waals surface area contributed by atoms with Crippen molar-refractivity contribution in [1.82, 2.24) is 5.32 Å². The van der Waals surface area contributed by atoms with E-state index in [1.165, 1.54) is 6.42 Å². The molecule has 3 nitrogen and oxygen atoms in total. The van der Waals surface area contributed by atoms with Crippen molar-refractivity contribution in [3.05, 3.63) is 27.7 Å². The monoisotopic (exact) mass is 338 g/mol. The molecule has 1 aromatic rings. The minimum atomic E-state index is -0.0118. The first kappa shape index (κ1) is 15.4. The van der Waals surface area contributed by atoms with E-state index in [-0.39, 0.29) is 11.9 Å². The molecule has 3 unspecified atom stereocenters. The summed E-state index contributed by atoms with van der Waals surface area (Å²) >= 11 is 3.40. The molecule has 110 valence electrons. The van der Waals surface area contributed by atoms with Gasteiger partial charge in [0.15, 0.2) is 0 Å². The third kappa shape index (κ3) is 3.35. The molecular formula is C16H23BrN2O. The molecule has 3 atom stereocenters. The van der Waals surface area contributed by atoms with Gasteiger partial charge in [-0.1, -0.05) is 29.8 Å². The van der Waals surface area contributed by atoms with Crippen LogP contribution in [0.15, 0.2) is 16.6 Å². The quantitative estimate of drug-likeness (QED) is 0.803. The van der Waals surface area contributed by atoms with Crippen molar-refractivity contribution in [2.24, 2.45) is 11.8 Å². The molecule has 0 saturated heterocycles. The van der Waals surface area contributed by atoms with Gasteiger partial charge >= 0.3 is 0 Å². The Morgan fingerprint density at radius 1 is 1.30 bits per heavy atom. The number of halogens is 1. The Labute approximate surface area is 129 Å². The Kier molecular flexibility index (Phi) is 4.74. The Morgan fingerprint density at radius 2 is 2.00 bits per heavy atom. The first-order chi connectivity index (χ1) is 9.38. The summed E-state index contributed by atoms with van der Waals surface area (Å²) in [5, 5.41) is 3.17. The van der Waals surface area contributed by atoms with Crippen molar-refractivity contribution in [1.29, 1.82) is 0 Å².